The average Bonchev–Trinajstić information content (AvgIpc) is 2.09. The maximum absolute atomic E-state index is 8.61. The summed E-state index contributed by atoms with van der Waals surface area (Å²) in [4.78, 5) is 0. The van der Waals surface area contributed by atoms with Gasteiger partial charge in [0, 0.05) is 12.1 Å². The SMILES string of the molecule is CC[C@@H]1CC[C@H](C)[C@H](CC#N)N1. The highest BCUT2D eigenvalue weighted by molar-refractivity contribution is 4.90. The van der Waals surface area contributed by atoms with Crippen molar-refractivity contribution in [3.8, 4) is 6.07 Å². The largest absolute Gasteiger partial charge is 0.310 e. The molecular weight excluding hydrogens is 148 g/mol. The van der Waals surface area contributed by atoms with E-state index in [-0.39, 0.29) is 0 Å². The number of piperidine rings is 1. The number of nitrogens with one attached hydrogen (secondary N) is 1. The minimum absolute atomic E-state index is 0.439. The molecule has 0 aliphatic carbocycles. The van der Waals surface area contributed by atoms with Gasteiger partial charge in [0.15, 0.2) is 0 Å². The lowest BCUT2D eigenvalue weighted by Crippen LogP contribution is -2.46. The molecule has 2 nitrogen and oxygen atoms in total. The molecule has 1 aliphatic heterocycles. The van der Waals surface area contributed by atoms with Crippen LogP contribution in [0.3, 0.4) is 0 Å². The van der Waals surface area contributed by atoms with Crippen molar-refractivity contribution >= 4 is 0 Å². The molecule has 12 heavy (non-hydrogen) atoms. The second-order valence-electron chi connectivity index (χ2n) is 3.80. The lowest BCUT2D eigenvalue weighted by atomic mass is 9.87. The van der Waals surface area contributed by atoms with E-state index in [0.29, 0.717) is 24.4 Å². The minimum atomic E-state index is 0.439. The zero-order chi connectivity index (χ0) is 8.97. The van der Waals surface area contributed by atoms with Gasteiger partial charge in [0.1, 0.15) is 0 Å². The summed E-state index contributed by atoms with van der Waals surface area (Å²) in [6, 6.07) is 3.34. The molecule has 0 spiro atoms. The first-order valence-electron chi connectivity index (χ1n) is 4.91. The maximum Gasteiger partial charge on any atom is 0.0638 e. The summed E-state index contributed by atoms with van der Waals surface area (Å²) in [5.41, 5.74) is 0. The van der Waals surface area contributed by atoms with E-state index in [1.54, 1.807) is 0 Å². The van der Waals surface area contributed by atoms with Gasteiger partial charge in [0.25, 0.3) is 0 Å². The van der Waals surface area contributed by atoms with Crippen molar-refractivity contribution in [1.29, 1.82) is 5.26 Å². The van der Waals surface area contributed by atoms with Gasteiger partial charge >= 0.3 is 0 Å². The molecule has 1 aliphatic rings. The van der Waals surface area contributed by atoms with E-state index in [1.165, 1.54) is 19.3 Å². The van der Waals surface area contributed by atoms with Crippen LogP contribution >= 0.6 is 0 Å². The van der Waals surface area contributed by atoms with E-state index in [4.69, 9.17) is 5.26 Å². The molecule has 0 aromatic heterocycles. The Hall–Kier alpha value is -0.550. The van der Waals surface area contributed by atoms with Gasteiger partial charge in [-0.25, -0.2) is 0 Å². The molecule has 0 bridgehead atoms. The summed E-state index contributed by atoms with van der Waals surface area (Å²) in [6.07, 6.45) is 4.41. The molecule has 0 aromatic rings. The van der Waals surface area contributed by atoms with Crippen LogP contribution in [-0.2, 0) is 0 Å². The monoisotopic (exact) mass is 166 g/mol. The summed E-state index contributed by atoms with van der Waals surface area (Å²) in [5, 5.41) is 12.1. The molecule has 1 heterocycles. The first-order chi connectivity index (χ1) is 5.77. The third-order valence-corrected chi connectivity index (χ3v) is 2.91. The highest BCUT2D eigenvalue weighted by atomic mass is 15.0. The normalized spacial score (nSPS) is 35.9. The average molecular weight is 166 g/mol. The van der Waals surface area contributed by atoms with Gasteiger partial charge in [0.2, 0.25) is 0 Å². The predicted octanol–water partition coefficient (Wildman–Crippen LogP) is 2.07. The van der Waals surface area contributed by atoms with Gasteiger partial charge in [-0.3, -0.25) is 0 Å². The molecule has 0 aromatic carbocycles. The van der Waals surface area contributed by atoms with Crippen molar-refractivity contribution in [2.45, 2.75) is 51.6 Å². The highest BCUT2D eigenvalue weighted by Gasteiger charge is 2.25. The molecule has 0 amide bonds. The number of nitriles is 1. The van der Waals surface area contributed by atoms with Crippen molar-refractivity contribution in [3.05, 3.63) is 0 Å². The third-order valence-electron chi connectivity index (χ3n) is 2.91. The fourth-order valence-corrected chi connectivity index (χ4v) is 1.90. The molecule has 1 N–H and O–H groups in total. The maximum atomic E-state index is 8.61. The molecule has 1 saturated heterocycles. The zero-order valence-corrected chi connectivity index (χ0v) is 8.01. The van der Waals surface area contributed by atoms with E-state index in [0.717, 1.165) is 0 Å². The Bertz CT molecular complexity index is 171. The summed E-state index contributed by atoms with van der Waals surface area (Å²) >= 11 is 0. The summed E-state index contributed by atoms with van der Waals surface area (Å²) in [5.74, 6) is 0.674. The van der Waals surface area contributed by atoms with Crippen LogP contribution < -0.4 is 5.32 Å². The molecule has 0 unspecified atom stereocenters. The third kappa shape index (κ3) is 2.22. The lowest BCUT2D eigenvalue weighted by Gasteiger charge is -2.34. The smallest absolute Gasteiger partial charge is 0.0638 e. The topological polar surface area (TPSA) is 35.8 Å². The second kappa shape index (κ2) is 4.47. The zero-order valence-electron chi connectivity index (χ0n) is 8.01. The Morgan fingerprint density at radius 1 is 1.50 bits per heavy atom. The molecule has 68 valence electrons. The predicted molar refractivity (Wildman–Crippen MR) is 49.6 cm³/mol. The van der Waals surface area contributed by atoms with Gasteiger partial charge in [0.05, 0.1) is 12.5 Å². The van der Waals surface area contributed by atoms with Crippen LogP contribution in [0.5, 0.6) is 0 Å². The Kier molecular flexibility index (Phi) is 3.55. The van der Waals surface area contributed by atoms with Crippen molar-refractivity contribution in [3.63, 3.8) is 0 Å². The Morgan fingerprint density at radius 3 is 2.83 bits per heavy atom. The quantitative estimate of drug-likeness (QED) is 0.681. The van der Waals surface area contributed by atoms with Gasteiger partial charge in [-0.05, 0) is 25.2 Å². The van der Waals surface area contributed by atoms with E-state index in [2.05, 4.69) is 25.2 Å². The van der Waals surface area contributed by atoms with E-state index < -0.39 is 0 Å². The van der Waals surface area contributed by atoms with Crippen LogP contribution in [0.25, 0.3) is 0 Å². The van der Waals surface area contributed by atoms with Gasteiger partial charge in [-0.15, -0.1) is 0 Å². The fraction of sp³-hybridized carbons (Fsp3) is 0.900. The highest BCUT2D eigenvalue weighted by Crippen LogP contribution is 2.22. The van der Waals surface area contributed by atoms with Crippen LogP contribution in [0.15, 0.2) is 0 Å². The van der Waals surface area contributed by atoms with Gasteiger partial charge < -0.3 is 5.32 Å². The Balaban J connectivity index is 2.42. The van der Waals surface area contributed by atoms with Gasteiger partial charge in [-0.2, -0.15) is 5.26 Å². The standard InChI is InChI=1S/C10H18N2/c1-3-9-5-4-8(2)10(12-9)6-7-11/h8-10,12H,3-6H2,1-2H3/t8-,9+,10-/m0/s1. The molecule has 1 rings (SSSR count). The Morgan fingerprint density at radius 2 is 2.25 bits per heavy atom. The summed E-state index contributed by atoms with van der Waals surface area (Å²) in [7, 11) is 0. The first-order valence-corrected chi connectivity index (χ1v) is 4.91. The Labute approximate surface area is 75.0 Å². The number of hydrogen-bond donors (Lipinski definition) is 1. The molecule has 0 saturated carbocycles. The summed E-state index contributed by atoms with van der Waals surface area (Å²) in [6.45, 7) is 4.44. The van der Waals surface area contributed by atoms with Crippen LogP contribution in [0, 0.1) is 17.2 Å². The van der Waals surface area contributed by atoms with Crippen molar-refractivity contribution in [2.24, 2.45) is 5.92 Å². The number of rotatable bonds is 2. The van der Waals surface area contributed by atoms with Crippen LogP contribution in [-0.4, -0.2) is 12.1 Å². The van der Waals surface area contributed by atoms with Crippen LogP contribution in [0.2, 0.25) is 0 Å². The molecule has 1 fully saturated rings. The van der Waals surface area contributed by atoms with Crippen molar-refractivity contribution < 1.29 is 0 Å². The van der Waals surface area contributed by atoms with E-state index in [1.807, 2.05) is 0 Å². The molecule has 2 heteroatoms. The van der Waals surface area contributed by atoms with Crippen molar-refractivity contribution in [1.82, 2.24) is 5.32 Å². The van der Waals surface area contributed by atoms with Crippen molar-refractivity contribution in [2.75, 3.05) is 0 Å². The number of nitrogens with zero attached hydrogens (tertiary/aromatic N) is 1. The molecule has 0 radical (unpaired) electrons. The molecule has 3 atom stereocenters. The lowest BCUT2D eigenvalue weighted by molar-refractivity contribution is 0.243. The van der Waals surface area contributed by atoms with Gasteiger partial charge in [-0.1, -0.05) is 13.8 Å². The second-order valence-corrected chi connectivity index (χ2v) is 3.80. The number of hydrogen-bond acceptors (Lipinski definition) is 2. The van der Waals surface area contributed by atoms with E-state index >= 15 is 0 Å². The van der Waals surface area contributed by atoms with E-state index in [9.17, 15) is 0 Å². The summed E-state index contributed by atoms with van der Waals surface area (Å²) < 4.78 is 0. The van der Waals surface area contributed by atoms with Crippen LogP contribution in [0.1, 0.15) is 39.5 Å². The first kappa shape index (κ1) is 9.54. The molecular formula is C10H18N2. The minimum Gasteiger partial charge on any atom is -0.310 e. The fourth-order valence-electron chi connectivity index (χ4n) is 1.90. The van der Waals surface area contributed by atoms with Crippen LogP contribution in [0.4, 0.5) is 0 Å².